The molecule has 2 aromatic carbocycles. The molecule has 1 aliphatic carbocycles. The molecule has 3 aliphatic rings. The van der Waals surface area contributed by atoms with Gasteiger partial charge in [-0.3, -0.25) is 9.59 Å². The van der Waals surface area contributed by atoms with E-state index in [1.54, 1.807) is 0 Å². The van der Waals surface area contributed by atoms with Crippen LogP contribution in [0.4, 0.5) is 11.4 Å². The van der Waals surface area contributed by atoms with Crippen LogP contribution in [-0.2, 0) is 22.6 Å². The molecular formula is C23H25N3O2. The van der Waals surface area contributed by atoms with Crippen LogP contribution in [0.5, 0.6) is 0 Å². The molecule has 2 aliphatic heterocycles. The zero-order chi connectivity index (χ0) is 19.1. The Morgan fingerprint density at radius 3 is 2.71 bits per heavy atom. The lowest BCUT2D eigenvalue weighted by Gasteiger charge is -2.22. The molecule has 0 unspecified atom stereocenters. The van der Waals surface area contributed by atoms with Crippen LogP contribution in [-0.4, -0.2) is 35.8 Å². The highest BCUT2D eigenvalue weighted by Gasteiger charge is 2.41. The molecule has 0 bridgehead atoms. The molecule has 0 radical (unpaired) electrons. The third kappa shape index (κ3) is 3.26. The summed E-state index contributed by atoms with van der Waals surface area (Å²) < 4.78 is 0. The second kappa shape index (κ2) is 6.97. The standard InChI is InChI=1S/C23H25N3O2/c27-22-13-18(15-26(22)19-9-10-19)23(28)24-20-7-3-1-6-17(20)14-25-12-11-16-5-2-4-8-21(16)25/h1-8,18-19H,9-15H2,(H,24,28)/t18-/m1/s1. The lowest BCUT2D eigenvalue weighted by molar-refractivity contribution is -0.128. The van der Waals surface area contributed by atoms with Crippen molar-refractivity contribution in [1.29, 1.82) is 0 Å². The topological polar surface area (TPSA) is 52.7 Å². The molecule has 28 heavy (non-hydrogen) atoms. The quantitative estimate of drug-likeness (QED) is 0.873. The number of hydrogen-bond donors (Lipinski definition) is 1. The number of hydrogen-bond acceptors (Lipinski definition) is 3. The molecule has 1 saturated heterocycles. The van der Waals surface area contributed by atoms with Crippen LogP contribution in [0.15, 0.2) is 48.5 Å². The number of fused-ring (bicyclic) bond motifs is 1. The molecule has 0 spiro atoms. The number of anilines is 2. The SMILES string of the molecule is O=C(Nc1ccccc1CN1CCc2ccccc21)[C@@H]1CC(=O)N(C2CC2)C1. The summed E-state index contributed by atoms with van der Waals surface area (Å²) in [6, 6.07) is 16.9. The highest BCUT2D eigenvalue weighted by Crippen LogP contribution is 2.34. The van der Waals surface area contributed by atoms with Crippen molar-refractivity contribution in [3.8, 4) is 0 Å². The first-order chi connectivity index (χ1) is 13.7. The van der Waals surface area contributed by atoms with E-state index in [-0.39, 0.29) is 17.7 Å². The molecule has 2 heterocycles. The first-order valence-electron chi connectivity index (χ1n) is 10.2. The van der Waals surface area contributed by atoms with Gasteiger partial charge < -0.3 is 15.1 Å². The van der Waals surface area contributed by atoms with Crippen LogP contribution < -0.4 is 10.2 Å². The molecule has 0 aromatic heterocycles. The number of carbonyl (C=O) groups excluding carboxylic acids is 2. The Hall–Kier alpha value is -2.82. The van der Waals surface area contributed by atoms with E-state index < -0.39 is 0 Å². The predicted octanol–water partition coefficient (Wildman–Crippen LogP) is 3.20. The fourth-order valence-corrected chi connectivity index (χ4v) is 4.44. The van der Waals surface area contributed by atoms with E-state index in [9.17, 15) is 9.59 Å². The zero-order valence-corrected chi connectivity index (χ0v) is 15.9. The highest BCUT2D eigenvalue weighted by molar-refractivity contribution is 5.97. The number of likely N-dealkylation sites (tertiary alicyclic amines) is 1. The summed E-state index contributed by atoms with van der Waals surface area (Å²) in [6.07, 6.45) is 3.57. The van der Waals surface area contributed by atoms with Gasteiger partial charge in [-0.25, -0.2) is 0 Å². The van der Waals surface area contributed by atoms with Gasteiger partial charge in [0.2, 0.25) is 11.8 Å². The van der Waals surface area contributed by atoms with Crippen LogP contribution in [0.25, 0.3) is 0 Å². The maximum atomic E-state index is 12.8. The normalized spacial score (nSPS) is 21.1. The summed E-state index contributed by atoms with van der Waals surface area (Å²) in [5.74, 6) is -0.149. The van der Waals surface area contributed by atoms with Crippen molar-refractivity contribution in [2.45, 2.75) is 38.3 Å². The van der Waals surface area contributed by atoms with E-state index >= 15 is 0 Å². The molecule has 2 aromatic rings. The minimum absolute atomic E-state index is 0.0363. The van der Waals surface area contributed by atoms with Crippen molar-refractivity contribution < 1.29 is 9.59 Å². The number of rotatable bonds is 5. The van der Waals surface area contributed by atoms with Gasteiger partial charge in [-0.15, -0.1) is 0 Å². The predicted molar refractivity (Wildman–Crippen MR) is 109 cm³/mol. The molecule has 144 valence electrons. The summed E-state index contributed by atoms with van der Waals surface area (Å²) in [7, 11) is 0. The minimum Gasteiger partial charge on any atom is -0.367 e. The largest absolute Gasteiger partial charge is 0.367 e. The zero-order valence-electron chi connectivity index (χ0n) is 15.9. The number of nitrogens with one attached hydrogen (secondary N) is 1. The molecule has 5 rings (SSSR count). The summed E-state index contributed by atoms with van der Waals surface area (Å²) in [4.78, 5) is 29.3. The summed E-state index contributed by atoms with van der Waals surface area (Å²) in [5.41, 5.74) is 4.63. The van der Waals surface area contributed by atoms with Gasteiger partial charge in [0.05, 0.1) is 5.92 Å². The Kier molecular flexibility index (Phi) is 4.30. The molecule has 1 N–H and O–H groups in total. The average molecular weight is 375 g/mol. The van der Waals surface area contributed by atoms with Gasteiger partial charge in [-0.05, 0) is 42.5 Å². The van der Waals surface area contributed by atoms with Crippen LogP contribution in [0.3, 0.4) is 0 Å². The van der Waals surface area contributed by atoms with Crippen LogP contribution in [0, 0.1) is 5.92 Å². The minimum atomic E-state index is -0.242. The Morgan fingerprint density at radius 2 is 1.86 bits per heavy atom. The first kappa shape index (κ1) is 17.3. The smallest absolute Gasteiger partial charge is 0.229 e. The van der Waals surface area contributed by atoms with Gasteiger partial charge in [0.25, 0.3) is 0 Å². The van der Waals surface area contributed by atoms with E-state index in [2.05, 4.69) is 40.5 Å². The van der Waals surface area contributed by atoms with Gasteiger partial charge in [0.1, 0.15) is 0 Å². The second-order valence-corrected chi connectivity index (χ2v) is 8.12. The van der Waals surface area contributed by atoms with E-state index in [0.29, 0.717) is 19.0 Å². The third-order valence-corrected chi connectivity index (χ3v) is 6.14. The number of para-hydroxylation sites is 2. The molecule has 5 heteroatoms. The van der Waals surface area contributed by atoms with E-state index in [1.165, 1.54) is 11.3 Å². The third-order valence-electron chi connectivity index (χ3n) is 6.14. The van der Waals surface area contributed by atoms with Gasteiger partial charge in [0, 0.05) is 43.5 Å². The first-order valence-corrected chi connectivity index (χ1v) is 10.2. The maximum Gasteiger partial charge on any atom is 0.229 e. The molecule has 1 saturated carbocycles. The van der Waals surface area contributed by atoms with Crippen LogP contribution in [0.1, 0.15) is 30.4 Å². The van der Waals surface area contributed by atoms with E-state index in [4.69, 9.17) is 0 Å². The van der Waals surface area contributed by atoms with E-state index in [1.807, 2.05) is 23.1 Å². The van der Waals surface area contributed by atoms with Crippen LogP contribution >= 0.6 is 0 Å². The number of nitrogens with zero attached hydrogens (tertiary/aromatic N) is 2. The van der Waals surface area contributed by atoms with Gasteiger partial charge >= 0.3 is 0 Å². The fourth-order valence-electron chi connectivity index (χ4n) is 4.44. The molecule has 2 fully saturated rings. The average Bonchev–Trinajstić information content (AvgIpc) is 3.36. The fraction of sp³-hybridized carbons (Fsp3) is 0.391. The number of amides is 2. The summed E-state index contributed by atoms with van der Waals surface area (Å²) >= 11 is 0. The van der Waals surface area contributed by atoms with Gasteiger partial charge in [-0.2, -0.15) is 0 Å². The molecular weight excluding hydrogens is 350 g/mol. The van der Waals surface area contributed by atoms with E-state index in [0.717, 1.165) is 43.6 Å². The van der Waals surface area contributed by atoms with Crippen molar-refractivity contribution in [1.82, 2.24) is 4.90 Å². The number of carbonyl (C=O) groups is 2. The second-order valence-electron chi connectivity index (χ2n) is 8.12. The Labute approximate surface area is 165 Å². The highest BCUT2D eigenvalue weighted by atomic mass is 16.2. The lowest BCUT2D eigenvalue weighted by atomic mass is 10.1. The number of benzene rings is 2. The summed E-state index contributed by atoms with van der Waals surface area (Å²) in [6.45, 7) is 2.33. The Morgan fingerprint density at radius 1 is 1.07 bits per heavy atom. The van der Waals surface area contributed by atoms with Crippen molar-refractivity contribution in [2.24, 2.45) is 5.92 Å². The Bertz CT molecular complexity index is 922. The molecule has 1 atom stereocenters. The Balaban J connectivity index is 1.29. The van der Waals surface area contributed by atoms with Gasteiger partial charge in [0.15, 0.2) is 0 Å². The van der Waals surface area contributed by atoms with Crippen LogP contribution in [0.2, 0.25) is 0 Å². The maximum absolute atomic E-state index is 12.8. The van der Waals surface area contributed by atoms with Crippen molar-refractivity contribution in [3.05, 3.63) is 59.7 Å². The summed E-state index contributed by atoms with van der Waals surface area (Å²) in [5, 5.41) is 3.11. The molecule has 2 amide bonds. The van der Waals surface area contributed by atoms with Gasteiger partial charge in [-0.1, -0.05) is 36.4 Å². The lowest BCUT2D eigenvalue weighted by Crippen LogP contribution is -2.30. The monoisotopic (exact) mass is 375 g/mol. The van der Waals surface area contributed by atoms with Crippen molar-refractivity contribution in [2.75, 3.05) is 23.3 Å². The van der Waals surface area contributed by atoms with Crippen molar-refractivity contribution in [3.63, 3.8) is 0 Å². The van der Waals surface area contributed by atoms with Crippen molar-refractivity contribution >= 4 is 23.2 Å². The molecule has 5 nitrogen and oxygen atoms in total.